The largest absolute Gasteiger partial charge is 0.491 e. The van der Waals surface area contributed by atoms with Crippen molar-refractivity contribution in [1.82, 2.24) is 5.32 Å². The molecule has 0 heterocycles. The lowest BCUT2D eigenvalue weighted by Gasteiger charge is -2.14. The van der Waals surface area contributed by atoms with E-state index >= 15 is 0 Å². The van der Waals surface area contributed by atoms with Crippen LogP contribution in [0.15, 0.2) is 28.8 Å². The first-order valence-electron chi connectivity index (χ1n) is 6.65. The van der Waals surface area contributed by atoms with E-state index in [1.807, 2.05) is 7.05 Å². The van der Waals surface area contributed by atoms with Crippen LogP contribution in [-0.2, 0) is 6.42 Å². The number of aryl methyl sites for hydroxylation is 1. The minimum atomic E-state index is 0.221. The van der Waals surface area contributed by atoms with Crippen LogP contribution in [0.2, 0.25) is 0 Å². The summed E-state index contributed by atoms with van der Waals surface area (Å²) in [5.74, 6) is 0.985. The van der Waals surface area contributed by atoms with Crippen LogP contribution in [0.25, 0.3) is 0 Å². The van der Waals surface area contributed by atoms with E-state index in [4.69, 9.17) is 4.74 Å². The second kappa shape index (κ2) is 7.49. The van der Waals surface area contributed by atoms with Crippen LogP contribution in [-0.4, -0.2) is 19.4 Å². The minimum absolute atomic E-state index is 0.221. The molecule has 0 unspecified atom stereocenters. The fourth-order valence-electron chi connectivity index (χ4n) is 2.08. The average Bonchev–Trinajstić information content (AvgIpc) is 2.33. The van der Waals surface area contributed by atoms with Crippen molar-refractivity contribution in [3.05, 3.63) is 39.9 Å². The third kappa shape index (κ3) is 4.83. The number of nitrogens with one attached hydrogen (secondary N) is 1. The van der Waals surface area contributed by atoms with Gasteiger partial charge in [0.1, 0.15) is 5.75 Å². The maximum absolute atomic E-state index is 5.77. The fraction of sp³-hybridized carbons (Fsp3) is 0.500. The Bertz CT molecular complexity index is 446. The van der Waals surface area contributed by atoms with E-state index in [0.717, 1.165) is 12.2 Å². The second-order valence-electron chi connectivity index (χ2n) is 5.01. The quantitative estimate of drug-likeness (QED) is 0.845. The Kier molecular flexibility index (Phi) is 6.29. The van der Waals surface area contributed by atoms with E-state index in [0.29, 0.717) is 0 Å². The molecule has 0 fully saturated rings. The van der Waals surface area contributed by atoms with Crippen molar-refractivity contribution in [2.45, 2.75) is 40.2 Å². The van der Waals surface area contributed by atoms with Crippen LogP contribution in [0.5, 0.6) is 5.75 Å². The maximum Gasteiger partial charge on any atom is 0.122 e. The Balaban J connectivity index is 2.87. The van der Waals surface area contributed by atoms with Gasteiger partial charge in [-0.05, 0) is 63.1 Å². The molecule has 0 spiro atoms. The number of hydrogen-bond acceptors (Lipinski definition) is 3. The van der Waals surface area contributed by atoms with Gasteiger partial charge in [0.05, 0.1) is 11.1 Å². The molecule has 0 amide bonds. The lowest BCUT2D eigenvalue weighted by molar-refractivity contribution is 0.240. The summed E-state index contributed by atoms with van der Waals surface area (Å²) in [5, 5.41) is 4.49. The van der Waals surface area contributed by atoms with Gasteiger partial charge in [-0.3, -0.25) is 0 Å². The monoisotopic (exact) mass is 279 g/mol. The third-order valence-electron chi connectivity index (χ3n) is 2.89. The molecule has 0 bridgehead atoms. The molecule has 1 N–H and O–H groups in total. The van der Waals surface area contributed by atoms with E-state index < -0.39 is 0 Å². The van der Waals surface area contributed by atoms with E-state index in [9.17, 15) is 0 Å². The first-order valence-corrected chi connectivity index (χ1v) is 7.88. The van der Waals surface area contributed by atoms with Gasteiger partial charge in [0.2, 0.25) is 0 Å². The summed E-state index contributed by atoms with van der Waals surface area (Å²) in [4.78, 5) is 0. The molecular formula is C16H25NOS. The molecule has 0 aliphatic carbocycles. The molecule has 0 aliphatic heterocycles. The number of ether oxygens (including phenoxy) is 1. The van der Waals surface area contributed by atoms with Gasteiger partial charge < -0.3 is 10.1 Å². The molecule has 0 saturated carbocycles. The van der Waals surface area contributed by atoms with Crippen molar-refractivity contribution in [2.75, 3.05) is 13.3 Å². The molecule has 3 heteroatoms. The number of rotatable bonds is 6. The summed E-state index contributed by atoms with van der Waals surface area (Å²) in [6, 6.07) is 6.45. The fourth-order valence-corrected chi connectivity index (χ4v) is 2.71. The van der Waals surface area contributed by atoms with E-state index in [2.05, 4.69) is 57.5 Å². The number of allylic oxidation sites excluding steroid dienone is 1. The van der Waals surface area contributed by atoms with Crippen molar-refractivity contribution in [1.29, 1.82) is 0 Å². The Morgan fingerprint density at radius 3 is 2.53 bits per heavy atom. The highest BCUT2D eigenvalue weighted by Crippen LogP contribution is 2.23. The van der Waals surface area contributed by atoms with Crippen molar-refractivity contribution in [3.8, 4) is 5.75 Å². The Morgan fingerprint density at radius 1 is 1.37 bits per heavy atom. The molecule has 1 aromatic rings. The SMILES string of the molecule is CN/C(SC)=C(/C)Cc1ccc(OC(C)C)c(C)c1. The smallest absolute Gasteiger partial charge is 0.122 e. The first-order chi connectivity index (χ1) is 8.97. The van der Waals surface area contributed by atoms with Crippen molar-refractivity contribution in [3.63, 3.8) is 0 Å². The van der Waals surface area contributed by atoms with E-state index in [1.165, 1.54) is 21.7 Å². The van der Waals surface area contributed by atoms with Crippen LogP contribution in [0.4, 0.5) is 0 Å². The summed E-state index contributed by atoms with van der Waals surface area (Å²) in [6.45, 7) is 8.39. The normalized spacial score (nSPS) is 12.4. The zero-order valence-electron chi connectivity index (χ0n) is 12.8. The molecule has 0 atom stereocenters. The number of benzene rings is 1. The highest BCUT2D eigenvalue weighted by molar-refractivity contribution is 8.02. The van der Waals surface area contributed by atoms with Crippen LogP contribution in [0.1, 0.15) is 31.9 Å². The first kappa shape index (κ1) is 16.0. The second-order valence-corrected chi connectivity index (χ2v) is 5.82. The number of hydrogen-bond donors (Lipinski definition) is 1. The van der Waals surface area contributed by atoms with Crippen LogP contribution in [0.3, 0.4) is 0 Å². The summed E-state index contributed by atoms with van der Waals surface area (Å²) in [5.41, 5.74) is 3.90. The zero-order valence-corrected chi connectivity index (χ0v) is 13.6. The zero-order chi connectivity index (χ0) is 14.4. The molecule has 0 aromatic heterocycles. The summed E-state index contributed by atoms with van der Waals surface area (Å²) in [6.07, 6.45) is 3.29. The van der Waals surface area contributed by atoms with Crippen LogP contribution >= 0.6 is 11.8 Å². The Hall–Kier alpha value is -1.09. The average molecular weight is 279 g/mol. The predicted octanol–water partition coefficient (Wildman–Crippen LogP) is 4.14. The van der Waals surface area contributed by atoms with Gasteiger partial charge in [0.15, 0.2) is 0 Å². The highest BCUT2D eigenvalue weighted by atomic mass is 32.2. The van der Waals surface area contributed by atoms with Crippen molar-refractivity contribution < 1.29 is 4.74 Å². The third-order valence-corrected chi connectivity index (χ3v) is 3.85. The van der Waals surface area contributed by atoms with Crippen LogP contribution in [0, 0.1) is 6.92 Å². The molecule has 2 nitrogen and oxygen atoms in total. The molecule has 0 saturated heterocycles. The lowest BCUT2D eigenvalue weighted by atomic mass is 10.0. The van der Waals surface area contributed by atoms with Gasteiger partial charge in [-0.25, -0.2) is 0 Å². The van der Waals surface area contributed by atoms with Crippen LogP contribution < -0.4 is 10.1 Å². The van der Waals surface area contributed by atoms with Gasteiger partial charge in [-0.1, -0.05) is 12.1 Å². The summed E-state index contributed by atoms with van der Waals surface area (Å²) in [7, 11) is 1.97. The van der Waals surface area contributed by atoms with Gasteiger partial charge in [0.25, 0.3) is 0 Å². The lowest BCUT2D eigenvalue weighted by Crippen LogP contribution is -2.07. The highest BCUT2D eigenvalue weighted by Gasteiger charge is 2.05. The molecular weight excluding hydrogens is 254 g/mol. The molecule has 0 aliphatic rings. The Morgan fingerprint density at radius 2 is 2.05 bits per heavy atom. The van der Waals surface area contributed by atoms with Gasteiger partial charge in [-0.2, -0.15) is 0 Å². The molecule has 0 radical (unpaired) electrons. The van der Waals surface area contributed by atoms with Gasteiger partial charge in [0, 0.05) is 7.05 Å². The topological polar surface area (TPSA) is 21.3 Å². The number of thioether (sulfide) groups is 1. The molecule has 1 aromatic carbocycles. The van der Waals surface area contributed by atoms with Gasteiger partial charge in [-0.15, -0.1) is 11.8 Å². The standard InChI is InChI=1S/C16H25NOS/c1-11(2)18-15-8-7-14(9-12(15)3)10-13(4)16(17-5)19-6/h7-9,11,17H,10H2,1-6H3/b16-13+. The van der Waals surface area contributed by atoms with E-state index in [1.54, 1.807) is 11.8 Å². The molecule has 1 rings (SSSR count). The molecule has 19 heavy (non-hydrogen) atoms. The minimum Gasteiger partial charge on any atom is -0.491 e. The molecule has 106 valence electrons. The predicted molar refractivity (Wildman–Crippen MR) is 85.9 cm³/mol. The van der Waals surface area contributed by atoms with E-state index in [-0.39, 0.29) is 6.10 Å². The van der Waals surface area contributed by atoms with Crippen molar-refractivity contribution in [2.24, 2.45) is 0 Å². The Labute approximate surface area is 121 Å². The summed E-state index contributed by atoms with van der Waals surface area (Å²) >= 11 is 1.76. The van der Waals surface area contributed by atoms with Crippen molar-refractivity contribution >= 4 is 11.8 Å². The summed E-state index contributed by atoms with van der Waals surface area (Å²) < 4.78 is 5.77. The van der Waals surface area contributed by atoms with Gasteiger partial charge >= 0.3 is 0 Å². The maximum atomic E-state index is 5.77.